The monoisotopic (exact) mass is 513 g/mol. The summed E-state index contributed by atoms with van der Waals surface area (Å²) in [5.41, 5.74) is 2.29. The maximum atomic E-state index is 13.0. The average Bonchev–Trinajstić information content (AvgIpc) is 3.34. The third-order valence-electron chi connectivity index (χ3n) is 5.88. The first-order valence-electron chi connectivity index (χ1n) is 11.4. The van der Waals surface area contributed by atoms with Crippen molar-refractivity contribution in [3.63, 3.8) is 0 Å². The molecule has 0 radical (unpaired) electrons. The van der Waals surface area contributed by atoms with Gasteiger partial charge in [-0.2, -0.15) is 0 Å². The maximum absolute atomic E-state index is 13.0. The summed E-state index contributed by atoms with van der Waals surface area (Å²) in [4.78, 5) is 38.4. The van der Waals surface area contributed by atoms with Gasteiger partial charge in [0.05, 0.1) is 18.2 Å². The molecule has 37 heavy (non-hydrogen) atoms. The lowest BCUT2D eigenvalue weighted by Gasteiger charge is -2.09. The normalized spacial score (nSPS) is 11.9. The van der Waals surface area contributed by atoms with E-state index in [0.717, 1.165) is 21.2 Å². The van der Waals surface area contributed by atoms with Crippen molar-refractivity contribution in [2.24, 2.45) is 0 Å². The summed E-state index contributed by atoms with van der Waals surface area (Å²) in [6, 6.07) is 19.8. The topological polar surface area (TPSA) is 132 Å². The molecule has 0 aliphatic heterocycles. The van der Waals surface area contributed by atoms with Gasteiger partial charge in [-0.1, -0.05) is 36.4 Å². The van der Waals surface area contributed by atoms with Gasteiger partial charge in [0, 0.05) is 18.1 Å². The molecule has 5 rings (SSSR count). The molecule has 1 atom stereocenters. The molecule has 0 aliphatic rings. The molecule has 186 valence electrons. The van der Waals surface area contributed by atoms with Crippen LogP contribution in [0.15, 0.2) is 77.8 Å². The number of pyridine rings is 1. The van der Waals surface area contributed by atoms with Crippen molar-refractivity contribution in [2.75, 3.05) is 18.7 Å². The zero-order chi connectivity index (χ0) is 25.9. The van der Waals surface area contributed by atoms with Crippen molar-refractivity contribution in [3.8, 4) is 5.75 Å². The summed E-state index contributed by atoms with van der Waals surface area (Å²) in [5.74, 6) is -0.147. The Morgan fingerprint density at radius 2 is 1.78 bits per heavy atom. The molecule has 0 spiro atoms. The van der Waals surface area contributed by atoms with Crippen LogP contribution in [-0.2, 0) is 17.7 Å². The lowest BCUT2D eigenvalue weighted by molar-refractivity contribution is 0.0951. The summed E-state index contributed by atoms with van der Waals surface area (Å²) < 4.78 is 17.0. The van der Waals surface area contributed by atoms with Gasteiger partial charge in [-0.05, 0) is 52.5 Å². The lowest BCUT2D eigenvalue weighted by Crippen LogP contribution is -2.23. The highest BCUT2D eigenvalue weighted by Crippen LogP contribution is 2.28. The van der Waals surface area contributed by atoms with E-state index in [9.17, 15) is 14.1 Å². The number of carbonyl (C=O) groups excluding carboxylic acids is 2. The Balaban J connectivity index is 1.37. The second-order valence-electron chi connectivity index (χ2n) is 8.28. The largest absolute Gasteiger partial charge is 0.612 e. The average molecular weight is 514 g/mol. The highest BCUT2D eigenvalue weighted by Gasteiger charge is 2.19. The molecule has 0 bridgehead atoms. The molecule has 2 heterocycles. The minimum Gasteiger partial charge on any atom is -0.612 e. The third-order valence-corrected chi connectivity index (χ3v) is 6.81. The Hall–Kier alpha value is -4.41. The minimum atomic E-state index is -1.06. The molecule has 3 N–H and O–H groups in total. The molecule has 0 fully saturated rings. The van der Waals surface area contributed by atoms with Crippen molar-refractivity contribution in [1.29, 1.82) is 0 Å². The highest BCUT2D eigenvalue weighted by atomic mass is 32.2. The first-order chi connectivity index (χ1) is 17.9. The predicted octanol–water partition coefficient (Wildman–Crippen LogP) is 4.04. The van der Waals surface area contributed by atoms with E-state index in [1.54, 1.807) is 42.8 Å². The van der Waals surface area contributed by atoms with Gasteiger partial charge in [-0.15, -0.1) is 0 Å². The fraction of sp³-hybridized carbons (Fsp3) is 0.111. The zero-order valence-corrected chi connectivity index (χ0v) is 20.9. The van der Waals surface area contributed by atoms with Gasteiger partial charge in [-0.25, -0.2) is 4.98 Å². The number of anilines is 1. The molecule has 2 amide bonds. The summed E-state index contributed by atoms with van der Waals surface area (Å²) in [7, 11) is 1.51. The van der Waals surface area contributed by atoms with Gasteiger partial charge >= 0.3 is 0 Å². The molecule has 0 saturated heterocycles. The van der Waals surface area contributed by atoms with Crippen molar-refractivity contribution >= 4 is 50.7 Å². The fourth-order valence-electron chi connectivity index (χ4n) is 3.94. The number of ether oxygens (including phenoxy) is 1. The molecule has 0 saturated carbocycles. The number of aromatic nitrogens is 3. The number of hydrogen-bond donors (Lipinski definition) is 3. The van der Waals surface area contributed by atoms with Crippen molar-refractivity contribution in [2.45, 2.75) is 11.4 Å². The number of aromatic amines is 1. The number of fused-ring (bicyclic) bond motifs is 2. The molecule has 9 nitrogen and oxygen atoms in total. The van der Waals surface area contributed by atoms with Crippen LogP contribution in [0.4, 0.5) is 5.95 Å². The van der Waals surface area contributed by atoms with E-state index in [1.165, 1.54) is 7.11 Å². The van der Waals surface area contributed by atoms with Gasteiger partial charge in [0.25, 0.3) is 11.8 Å². The third kappa shape index (κ3) is 5.11. The Morgan fingerprint density at radius 3 is 2.51 bits per heavy atom. The van der Waals surface area contributed by atoms with E-state index in [4.69, 9.17) is 4.74 Å². The smallest absolute Gasteiger partial charge is 0.276 e. The van der Waals surface area contributed by atoms with E-state index in [2.05, 4.69) is 25.6 Å². The van der Waals surface area contributed by atoms with Gasteiger partial charge in [-0.3, -0.25) is 19.9 Å². The number of nitrogens with one attached hydrogen (secondary N) is 3. The van der Waals surface area contributed by atoms with Crippen LogP contribution in [0.1, 0.15) is 26.4 Å². The van der Waals surface area contributed by atoms with Gasteiger partial charge < -0.3 is 19.6 Å². The zero-order valence-electron chi connectivity index (χ0n) is 20.1. The first-order valence-corrected chi connectivity index (χ1v) is 12.9. The van der Waals surface area contributed by atoms with Crippen molar-refractivity contribution < 1.29 is 18.9 Å². The number of rotatable bonds is 7. The Kier molecular flexibility index (Phi) is 6.76. The van der Waals surface area contributed by atoms with E-state index < -0.39 is 17.1 Å². The number of hydrogen-bond acceptors (Lipinski definition) is 6. The molecule has 3 aromatic carbocycles. The molecule has 2 aromatic heterocycles. The molecule has 5 aromatic rings. The summed E-state index contributed by atoms with van der Waals surface area (Å²) in [6.45, 7) is 0.286. The Labute approximate surface area is 215 Å². The van der Waals surface area contributed by atoms with Gasteiger partial charge in [0.15, 0.2) is 4.90 Å². The fourth-order valence-corrected chi connectivity index (χ4v) is 4.46. The van der Waals surface area contributed by atoms with E-state index in [-0.39, 0.29) is 24.1 Å². The maximum Gasteiger partial charge on any atom is 0.276 e. The number of nitrogens with zero attached hydrogens (tertiary/aromatic N) is 2. The second kappa shape index (κ2) is 10.3. The number of benzene rings is 3. The van der Waals surface area contributed by atoms with E-state index >= 15 is 0 Å². The van der Waals surface area contributed by atoms with E-state index in [0.29, 0.717) is 22.3 Å². The standard InChI is InChI=1S/C27H23N5O4S/c1-36-22-12-11-20(25(33)29-14-16-7-9-19(10-8-16)37(2)35)23-24(22)31-27(30-23)32-26(34)21-13-17-5-3-4-6-18(17)15-28-21/h3-13,15H,14H2,1-2H3,(H,29,33)(H2,30,31,32,34). The molecule has 10 heteroatoms. The SMILES string of the molecule is COc1ccc(C(=O)NCc2ccc([S+](C)[O-])cc2)c2[nH]c(NC(=O)c3cc4ccccc4cn3)nc12. The van der Waals surface area contributed by atoms with Crippen LogP contribution in [0.5, 0.6) is 5.75 Å². The Bertz CT molecular complexity index is 1620. The quantitative estimate of drug-likeness (QED) is 0.282. The Morgan fingerprint density at radius 1 is 1.03 bits per heavy atom. The van der Waals surface area contributed by atoms with Crippen LogP contribution in [-0.4, -0.2) is 44.7 Å². The van der Waals surface area contributed by atoms with Gasteiger partial charge in [0.2, 0.25) is 5.95 Å². The summed E-state index contributed by atoms with van der Waals surface area (Å²) in [5, 5.41) is 7.43. The molecular weight excluding hydrogens is 490 g/mol. The van der Waals surface area contributed by atoms with Crippen LogP contribution >= 0.6 is 0 Å². The number of imidazole rings is 1. The number of amides is 2. The summed E-state index contributed by atoms with van der Waals surface area (Å²) >= 11 is -1.06. The minimum absolute atomic E-state index is 0.164. The first kappa shape index (κ1) is 24.3. The van der Waals surface area contributed by atoms with E-state index in [1.807, 2.05) is 36.4 Å². The number of methoxy groups -OCH3 is 1. The van der Waals surface area contributed by atoms with Crippen molar-refractivity contribution in [3.05, 3.63) is 89.7 Å². The lowest BCUT2D eigenvalue weighted by atomic mass is 10.1. The van der Waals surface area contributed by atoms with Crippen LogP contribution in [0.3, 0.4) is 0 Å². The van der Waals surface area contributed by atoms with Gasteiger partial charge in [0.1, 0.15) is 23.2 Å². The van der Waals surface area contributed by atoms with Crippen LogP contribution in [0.2, 0.25) is 0 Å². The van der Waals surface area contributed by atoms with Crippen LogP contribution < -0.4 is 15.4 Å². The second-order valence-corrected chi connectivity index (χ2v) is 9.66. The predicted molar refractivity (Wildman–Crippen MR) is 142 cm³/mol. The van der Waals surface area contributed by atoms with Crippen LogP contribution in [0.25, 0.3) is 21.8 Å². The molecule has 0 aliphatic carbocycles. The summed E-state index contributed by atoms with van der Waals surface area (Å²) in [6.07, 6.45) is 3.26. The molecular formula is C27H23N5O4S. The van der Waals surface area contributed by atoms with Crippen molar-refractivity contribution in [1.82, 2.24) is 20.3 Å². The number of H-pyrrole nitrogens is 1. The molecule has 1 unspecified atom stereocenters. The van der Waals surface area contributed by atoms with Crippen LogP contribution in [0, 0.1) is 0 Å². The highest BCUT2D eigenvalue weighted by molar-refractivity contribution is 7.90. The number of carbonyl (C=O) groups is 2.